The van der Waals surface area contributed by atoms with E-state index < -0.39 is 23.8 Å². The maximum atomic E-state index is 13.3. The molecule has 4 aromatic rings. The molecule has 1 aromatic heterocycles. The number of hydroxylamine groups is 1. The second kappa shape index (κ2) is 9.88. The van der Waals surface area contributed by atoms with Gasteiger partial charge in [-0.05, 0) is 54.6 Å². The number of carbonyl (C=O) groups excluding carboxylic acids is 3. The van der Waals surface area contributed by atoms with Gasteiger partial charge >= 0.3 is 0 Å². The van der Waals surface area contributed by atoms with Gasteiger partial charge in [-0.1, -0.05) is 18.2 Å². The zero-order chi connectivity index (χ0) is 24.1. The van der Waals surface area contributed by atoms with E-state index in [9.17, 15) is 14.4 Å². The number of nitrogens with one attached hydrogen (secondary N) is 4. The number of rotatable bonds is 7. The van der Waals surface area contributed by atoms with Crippen molar-refractivity contribution in [2.75, 3.05) is 12.4 Å². The Bertz CT molecular complexity index is 1330. The highest BCUT2D eigenvalue weighted by Gasteiger charge is 2.26. The Balaban J connectivity index is 1.62. The Kier molecular flexibility index (Phi) is 6.56. The molecule has 9 heteroatoms. The molecule has 1 atom stereocenters. The van der Waals surface area contributed by atoms with E-state index in [-0.39, 0.29) is 11.1 Å². The second-order valence-corrected chi connectivity index (χ2v) is 7.43. The third-order valence-corrected chi connectivity index (χ3v) is 5.34. The van der Waals surface area contributed by atoms with Crippen LogP contribution in [0.1, 0.15) is 32.3 Å². The van der Waals surface area contributed by atoms with Crippen LogP contribution in [0.15, 0.2) is 79.0 Å². The standard InChI is InChI=1S/C25H22N4O5/c1-34-18-12-10-17(11-13-18)27-25(32)22(20-14-26-21-5-3-2-4-19(20)21)28-23(30)15-6-8-16(9-7-15)24(31)29-33/h2-14,22,26,33H,1H3,(H,27,32)(H,28,30)(H,29,31)/t22-/m0/s1. The van der Waals surface area contributed by atoms with Crippen molar-refractivity contribution in [1.82, 2.24) is 15.8 Å². The lowest BCUT2D eigenvalue weighted by Crippen LogP contribution is -2.37. The van der Waals surface area contributed by atoms with Gasteiger partial charge in [0.1, 0.15) is 11.8 Å². The second-order valence-electron chi connectivity index (χ2n) is 7.43. The quantitative estimate of drug-likeness (QED) is 0.214. The molecule has 3 amide bonds. The predicted octanol–water partition coefficient (Wildman–Crippen LogP) is 3.41. The summed E-state index contributed by atoms with van der Waals surface area (Å²) in [5.41, 5.74) is 3.95. The summed E-state index contributed by atoms with van der Waals surface area (Å²) < 4.78 is 5.15. The van der Waals surface area contributed by atoms with Crippen LogP contribution in [0.4, 0.5) is 5.69 Å². The fourth-order valence-electron chi connectivity index (χ4n) is 3.56. The smallest absolute Gasteiger partial charge is 0.274 e. The van der Waals surface area contributed by atoms with E-state index in [1.807, 2.05) is 24.3 Å². The number of hydrogen-bond acceptors (Lipinski definition) is 5. The van der Waals surface area contributed by atoms with Crippen LogP contribution in [-0.2, 0) is 4.79 Å². The topological polar surface area (TPSA) is 133 Å². The van der Waals surface area contributed by atoms with Crippen LogP contribution in [0.25, 0.3) is 10.9 Å². The van der Waals surface area contributed by atoms with Crippen molar-refractivity contribution in [2.45, 2.75) is 6.04 Å². The summed E-state index contributed by atoms with van der Waals surface area (Å²) in [6.45, 7) is 0. The van der Waals surface area contributed by atoms with Gasteiger partial charge in [-0.25, -0.2) is 5.48 Å². The largest absolute Gasteiger partial charge is 0.497 e. The number of anilines is 1. The van der Waals surface area contributed by atoms with Crippen molar-refractivity contribution in [3.8, 4) is 5.75 Å². The lowest BCUT2D eigenvalue weighted by atomic mass is 10.0. The van der Waals surface area contributed by atoms with E-state index in [4.69, 9.17) is 9.94 Å². The molecule has 172 valence electrons. The first-order valence-corrected chi connectivity index (χ1v) is 10.4. The number of H-pyrrole nitrogens is 1. The molecule has 3 aromatic carbocycles. The number of hydrogen-bond donors (Lipinski definition) is 5. The van der Waals surface area contributed by atoms with Gasteiger partial charge in [0.25, 0.3) is 17.7 Å². The summed E-state index contributed by atoms with van der Waals surface area (Å²) in [4.78, 5) is 41.0. The van der Waals surface area contributed by atoms with Crippen LogP contribution in [0.3, 0.4) is 0 Å². The third-order valence-electron chi connectivity index (χ3n) is 5.34. The van der Waals surface area contributed by atoms with Gasteiger partial charge in [-0.3, -0.25) is 19.6 Å². The van der Waals surface area contributed by atoms with Gasteiger partial charge in [-0.15, -0.1) is 0 Å². The van der Waals surface area contributed by atoms with Crippen molar-refractivity contribution in [1.29, 1.82) is 0 Å². The number of amides is 3. The maximum absolute atomic E-state index is 13.3. The average molecular weight is 458 g/mol. The molecule has 0 fully saturated rings. The van der Waals surface area contributed by atoms with Crippen LogP contribution in [0, 0.1) is 0 Å². The summed E-state index contributed by atoms with van der Waals surface area (Å²) >= 11 is 0. The van der Waals surface area contributed by atoms with Crippen molar-refractivity contribution in [2.24, 2.45) is 0 Å². The first-order chi connectivity index (χ1) is 16.5. The highest BCUT2D eigenvalue weighted by molar-refractivity contribution is 6.04. The van der Waals surface area contributed by atoms with Crippen molar-refractivity contribution >= 4 is 34.3 Å². The number of methoxy groups -OCH3 is 1. The maximum Gasteiger partial charge on any atom is 0.274 e. The summed E-state index contributed by atoms with van der Waals surface area (Å²) in [6.07, 6.45) is 1.69. The average Bonchev–Trinajstić information content (AvgIpc) is 3.31. The minimum absolute atomic E-state index is 0.185. The number of ether oxygens (including phenoxy) is 1. The van der Waals surface area contributed by atoms with E-state index in [1.54, 1.807) is 37.6 Å². The Morgan fingerprint density at radius 2 is 1.53 bits per heavy atom. The minimum atomic E-state index is -1.01. The number of aromatic amines is 1. The van der Waals surface area contributed by atoms with Crippen molar-refractivity contribution < 1.29 is 24.3 Å². The number of para-hydroxylation sites is 1. The van der Waals surface area contributed by atoms with Crippen LogP contribution >= 0.6 is 0 Å². The summed E-state index contributed by atoms with van der Waals surface area (Å²) in [7, 11) is 1.55. The molecule has 0 aliphatic heterocycles. The van der Waals surface area contributed by atoms with Gasteiger partial charge in [0.05, 0.1) is 7.11 Å². The van der Waals surface area contributed by atoms with E-state index >= 15 is 0 Å². The molecule has 0 radical (unpaired) electrons. The molecule has 5 N–H and O–H groups in total. The van der Waals surface area contributed by atoms with Gasteiger partial charge in [0.15, 0.2) is 0 Å². The Morgan fingerprint density at radius 1 is 0.882 bits per heavy atom. The number of fused-ring (bicyclic) bond motifs is 1. The molecule has 0 unspecified atom stereocenters. The predicted molar refractivity (Wildman–Crippen MR) is 126 cm³/mol. The van der Waals surface area contributed by atoms with Gasteiger partial charge in [-0.2, -0.15) is 0 Å². The molecule has 9 nitrogen and oxygen atoms in total. The monoisotopic (exact) mass is 458 g/mol. The number of carbonyl (C=O) groups is 3. The van der Waals surface area contributed by atoms with Crippen LogP contribution < -0.4 is 20.9 Å². The fourth-order valence-corrected chi connectivity index (χ4v) is 3.56. The lowest BCUT2D eigenvalue weighted by Gasteiger charge is -2.19. The normalized spacial score (nSPS) is 11.5. The van der Waals surface area contributed by atoms with E-state index in [1.165, 1.54) is 29.7 Å². The van der Waals surface area contributed by atoms with Gasteiger partial charge < -0.3 is 20.4 Å². The van der Waals surface area contributed by atoms with E-state index in [0.29, 0.717) is 17.0 Å². The Hall–Kier alpha value is -4.63. The molecule has 0 bridgehead atoms. The minimum Gasteiger partial charge on any atom is -0.497 e. The SMILES string of the molecule is COc1ccc(NC(=O)[C@@H](NC(=O)c2ccc(C(=O)NO)cc2)c2c[nH]c3ccccc23)cc1. The fraction of sp³-hybridized carbons (Fsp3) is 0.0800. The molecule has 0 spiro atoms. The zero-order valence-electron chi connectivity index (χ0n) is 18.2. The molecule has 0 saturated heterocycles. The molecule has 0 aliphatic carbocycles. The first-order valence-electron chi connectivity index (χ1n) is 10.4. The summed E-state index contributed by atoms with van der Waals surface area (Å²) in [5, 5.41) is 15.2. The summed E-state index contributed by atoms with van der Waals surface area (Å²) in [6, 6.07) is 19.0. The highest BCUT2D eigenvalue weighted by atomic mass is 16.5. The number of benzene rings is 3. The van der Waals surface area contributed by atoms with Gasteiger partial charge in [0.2, 0.25) is 0 Å². The molecule has 0 aliphatic rings. The van der Waals surface area contributed by atoms with Crippen LogP contribution in [0.2, 0.25) is 0 Å². The first kappa shape index (κ1) is 22.6. The van der Waals surface area contributed by atoms with E-state index in [0.717, 1.165) is 10.9 Å². The molecular formula is C25H22N4O5. The van der Waals surface area contributed by atoms with E-state index in [2.05, 4.69) is 15.6 Å². The Labute approximate surface area is 194 Å². The molecule has 34 heavy (non-hydrogen) atoms. The molecule has 4 rings (SSSR count). The molecular weight excluding hydrogens is 436 g/mol. The molecule has 0 saturated carbocycles. The van der Waals surface area contributed by atoms with Crippen molar-refractivity contribution in [3.63, 3.8) is 0 Å². The summed E-state index contributed by atoms with van der Waals surface area (Å²) in [5.74, 6) is -0.976. The van der Waals surface area contributed by atoms with Crippen molar-refractivity contribution in [3.05, 3.63) is 95.7 Å². The molecule has 1 heterocycles. The number of aromatic nitrogens is 1. The Morgan fingerprint density at radius 3 is 2.18 bits per heavy atom. The highest BCUT2D eigenvalue weighted by Crippen LogP contribution is 2.26. The van der Waals surface area contributed by atoms with Crippen LogP contribution in [0.5, 0.6) is 5.75 Å². The lowest BCUT2D eigenvalue weighted by molar-refractivity contribution is -0.118. The third kappa shape index (κ3) is 4.74. The van der Waals surface area contributed by atoms with Crippen LogP contribution in [-0.4, -0.2) is 35.0 Å². The zero-order valence-corrected chi connectivity index (χ0v) is 18.2. The van der Waals surface area contributed by atoms with Gasteiger partial charge in [0, 0.05) is 39.5 Å².